The van der Waals surface area contributed by atoms with Crippen LogP contribution in [0.5, 0.6) is 0 Å². The van der Waals surface area contributed by atoms with Crippen molar-refractivity contribution in [2.75, 3.05) is 0 Å². The van der Waals surface area contributed by atoms with E-state index in [9.17, 15) is 4.79 Å². The minimum Gasteiger partial charge on any atom is -0.298 e. The molecule has 0 N–H and O–H groups in total. The average molecular weight is 197 g/mol. The predicted molar refractivity (Wildman–Crippen MR) is 58.9 cm³/mol. The maximum atomic E-state index is 10.5. The van der Waals surface area contributed by atoms with Crippen LogP contribution in [0.3, 0.4) is 0 Å². The van der Waals surface area contributed by atoms with Crippen molar-refractivity contribution in [2.24, 2.45) is 0 Å². The smallest absolute Gasteiger partial charge is 0.150 e. The number of nitrogens with zero attached hydrogens (tertiary/aromatic N) is 1. The summed E-state index contributed by atoms with van der Waals surface area (Å²) in [4.78, 5) is 14.7. The molecule has 0 spiro atoms. The summed E-state index contributed by atoms with van der Waals surface area (Å²) in [5.74, 6) is 0. The van der Waals surface area contributed by atoms with Crippen LogP contribution in [-0.4, -0.2) is 11.3 Å². The van der Waals surface area contributed by atoms with E-state index in [4.69, 9.17) is 0 Å². The Morgan fingerprint density at radius 2 is 1.87 bits per heavy atom. The molecule has 1 aromatic carbocycles. The maximum absolute atomic E-state index is 10.5. The van der Waals surface area contributed by atoms with Crippen LogP contribution in [-0.2, 0) is 6.42 Å². The zero-order valence-electron chi connectivity index (χ0n) is 8.26. The van der Waals surface area contributed by atoms with Crippen LogP contribution in [0, 0.1) is 0 Å². The molecule has 0 amide bonds. The second-order valence-electron chi connectivity index (χ2n) is 3.36. The largest absolute Gasteiger partial charge is 0.298 e. The van der Waals surface area contributed by atoms with Crippen LogP contribution in [0.1, 0.15) is 21.6 Å². The van der Waals surface area contributed by atoms with Gasteiger partial charge in [0.2, 0.25) is 0 Å². The summed E-state index contributed by atoms with van der Waals surface area (Å²) in [6.07, 6.45) is 3.44. The number of aromatic nitrogens is 1. The molecule has 0 aliphatic carbocycles. The highest BCUT2D eigenvalue weighted by Gasteiger charge is 1.96. The molecular formula is C13H11NO. The summed E-state index contributed by atoms with van der Waals surface area (Å²) in [5, 5.41) is 0. The second-order valence-corrected chi connectivity index (χ2v) is 3.36. The van der Waals surface area contributed by atoms with Gasteiger partial charge in [-0.05, 0) is 17.7 Å². The van der Waals surface area contributed by atoms with Gasteiger partial charge in [0.15, 0.2) is 0 Å². The molecule has 0 fully saturated rings. The summed E-state index contributed by atoms with van der Waals surface area (Å²) in [5.41, 5.74) is 2.91. The first kappa shape index (κ1) is 9.59. The van der Waals surface area contributed by atoms with E-state index < -0.39 is 0 Å². The zero-order valence-corrected chi connectivity index (χ0v) is 8.26. The Balaban J connectivity index is 2.15. The molecule has 0 aliphatic heterocycles. The fraction of sp³-hybridized carbons (Fsp3) is 0.0769. The van der Waals surface area contributed by atoms with Gasteiger partial charge in [-0.1, -0.05) is 30.3 Å². The summed E-state index contributed by atoms with van der Waals surface area (Å²) in [7, 11) is 0. The van der Waals surface area contributed by atoms with Crippen LogP contribution in [0.15, 0.2) is 48.7 Å². The molecule has 15 heavy (non-hydrogen) atoms. The first-order valence-electron chi connectivity index (χ1n) is 4.82. The lowest BCUT2D eigenvalue weighted by Crippen LogP contribution is -1.91. The molecule has 0 radical (unpaired) electrons. The number of hydrogen-bond acceptors (Lipinski definition) is 2. The van der Waals surface area contributed by atoms with Crippen molar-refractivity contribution in [1.82, 2.24) is 4.98 Å². The van der Waals surface area contributed by atoms with Gasteiger partial charge in [-0.2, -0.15) is 0 Å². The standard InChI is InChI=1S/C13H11NO/c15-10-12-6-4-11(5-7-12)9-13-3-1-2-8-14-13/h1-8,10H,9H2. The van der Waals surface area contributed by atoms with Crippen LogP contribution in [0.4, 0.5) is 0 Å². The van der Waals surface area contributed by atoms with Crippen molar-refractivity contribution in [3.8, 4) is 0 Å². The Morgan fingerprint density at radius 3 is 2.47 bits per heavy atom. The van der Waals surface area contributed by atoms with E-state index in [2.05, 4.69) is 4.98 Å². The molecule has 0 saturated carbocycles. The lowest BCUT2D eigenvalue weighted by atomic mass is 10.1. The van der Waals surface area contributed by atoms with Crippen molar-refractivity contribution in [3.05, 3.63) is 65.5 Å². The first-order chi connectivity index (χ1) is 7.38. The Morgan fingerprint density at radius 1 is 1.07 bits per heavy atom. The molecule has 2 rings (SSSR count). The lowest BCUT2D eigenvalue weighted by molar-refractivity contribution is 0.112. The molecule has 2 nitrogen and oxygen atoms in total. The molecular weight excluding hydrogens is 186 g/mol. The first-order valence-corrected chi connectivity index (χ1v) is 4.82. The van der Waals surface area contributed by atoms with E-state index >= 15 is 0 Å². The van der Waals surface area contributed by atoms with Crippen LogP contribution >= 0.6 is 0 Å². The maximum Gasteiger partial charge on any atom is 0.150 e. The van der Waals surface area contributed by atoms with Crippen LogP contribution in [0.25, 0.3) is 0 Å². The fourth-order valence-corrected chi connectivity index (χ4v) is 1.43. The molecule has 2 aromatic rings. The fourth-order valence-electron chi connectivity index (χ4n) is 1.43. The van der Waals surface area contributed by atoms with Gasteiger partial charge in [-0.3, -0.25) is 9.78 Å². The quantitative estimate of drug-likeness (QED) is 0.707. The number of benzene rings is 1. The Bertz CT molecular complexity index is 434. The lowest BCUT2D eigenvalue weighted by Gasteiger charge is -2.00. The minimum atomic E-state index is 0.708. The molecule has 1 aromatic heterocycles. The second kappa shape index (κ2) is 4.51. The third kappa shape index (κ3) is 2.50. The molecule has 0 atom stereocenters. The number of hydrogen-bond donors (Lipinski definition) is 0. The van der Waals surface area contributed by atoms with Gasteiger partial charge in [0.05, 0.1) is 0 Å². The van der Waals surface area contributed by atoms with Crippen molar-refractivity contribution >= 4 is 6.29 Å². The summed E-state index contributed by atoms with van der Waals surface area (Å²) in [6, 6.07) is 13.4. The molecule has 74 valence electrons. The Kier molecular flexibility index (Phi) is 2.88. The van der Waals surface area contributed by atoms with E-state index in [1.54, 1.807) is 6.20 Å². The molecule has 1 heterocycles. The van der Waals surface area contributed by atoms with Gasteiger partial charge in [-0.15, -0.1) is 0 Å². The summed E-state index contributed by atoms with van der Waals surface area (Å²) >= 11 is 0. The van der Waals surface area contributed by atoms with Crippen molar-refractivity contribution in [1.29, 1.82) is 0 Å². The number of pyridine rings is 1. The Hall–Kier alpha value is -1.96. The van der Waals surface area contributed by atoms with Gasteiger partial charge < -0.3 is 0 Å². The number of carbonyl (C=O) groups excluding carboxylic acids is 1. The minimum absolute atomic E-state index is 0.708. The molecule has 0 bridgehead atoms. The van der Waals surface area contributed by atoms with E-state index in [1.807, 2.05) is 42.5 Å². The van der Waals surface area contributed by atoms with Crippen molar-refractivity contribution < 1.29 is 4.79 Å². The van der Waals surface area contributed by atoms with Gasteiger partial charge in [0.25, 0.3) is 0 Å². The van der Waals surface area contributed by atoms with Crippen molar-refractivity contribution in [2.45, 2.75) is 6.42 Å². The normalized spacial score (nSPS) is 9.87. The molecule has 0 unspecified atom stereocenters. The number of rotatable bonds is 3. The van der Waals surface area contributed by atoms with Gasteiger partial charge in [0, 0.05) is 23.9 Å². The van der Waals surface area contributed by atoms with Gasteiger partial charge in [0.1, 0.15) is 6.29 Å². The summed E-state index contributed by atoms with van der Waals surface area (Å²) in [6.45, 7) is 0. The molecule has 0 aliphatic rings. The van der Waals surface area contributed by atoms with Crippen molar-refractivity contribution in [3.63, 3.8) is 0 Å². The van der Waals surface area contributed by atoms with E-state index in [1.165, 1.54) is 5.56 Å². The predicted octanol–water partition coefficient (Wildman–Crippen LogP) is 2.48. The highest BCUT2D eigenvalue weighted by Crippen LogP contribution is 2.07. The molecule has 2 heteroatoms. The average Bonchev–Trinajstić information content (AvgIpc) is 2.31. The topological polar surface area (TPSA) is 30.0 Å². The summed E-state index contributed by atoms with van der Waals surface area (Å²) < 4.78 is 0. The van der Waals surface area contributed by atoms with Gasteiger partial charge in [-0.25, -0.2) is 0 Å². The highest BCUT2D eigenvalue weighted by atomic mass is 16.1. The zero-order chi connectivity index (χ0) is 10.5. The monoisotopic (exact) mass is 197 g/mol. The number of aldehydes is 1. The van der Waals surface area contributed by atoms with Gasteiger partial charge >= 0.3 is 0 Å². The third-order valence-electron chi connectivity index (χ3n) is 2.23. The SMILES string of the molecule is O=Cc1ccc(Cc2ccccn2)cc1. The van der Waals surface area contributed by atoms with Crippen LogP contribution in [0.2, 0.25) is 0 Å². The van der Waals surface area contributed by atoms with E-state index in [-0.39, 0.29) is 0 Å². The van der Waals surface area contributed by atoms with E-state index in [0.29, 0.717) is 5.56 Å². The Labute approximate surface area is 88.6 Å². The van der Waals surface area contributed by atoms with Crippen LogP contribution < -0.4 is 0 Å². The van der Waals surface area contributed by atoms with E-state index in [0.717, 1.165) is 18.4 Å². The third-order valence-corrected chi connectivity index (χ3v) is 2.23. The number of carbonyl (C=O) groups is 1. The highest BCUT2D eigenvalue weighted by molar-refractivity contribution is 5.74. The molecule has 0 saturated heterocycles.